The Morgan fingerprint density at radius 1 is 0.349 bits per heavy atom. The van der Waals surface area contributed by atoms with Crippen molar-refractivity contribution in [3.05, 3.63) is 119 Å². The van der Waals surface area contributed by atoms with Crippen molar-refractivity contribution < 1.29 is 4.12 Å². The van der Waals surface area contributed by atoms with Gasteiger partial charge in [0.05, 0.1) is 0 Å². The van der Waals surface area contributed by atoms with Crippen LogP contribution in [0.25, 0.3) is 0 Å². The minimum Gasteiger partial charge on any atom is -0.442 e. The van der Waals surface area contributed by atoms with Gasteiger partial charge >= 0.3 is 0 Å². The SMILES string of the molecule is CC(C)(C)c1cccc([Si](O[Si](c2cccc(C(C)(C)C)c2)c2cccc(C(C)(C)C)c2)c2cccc(C(C)(C)C)c2)c1. The number of hydrogen-bond acceptors (Lipinski definition) is 1. The number of rotatable bonds is 6. The molecule has 0 unspecified atom stereocenters. The minimum absolute atomic E-state index is 0.0616. The molecule has 0 heterocycles. The van der Waals surface area contributed by atoms with Gasteiger partial charge in [-0.2, -0.15) is 0 Å². The third kappa shape index (κ3) is 8.26. The van der Waals surface area contributed by atoms with Crippen molar-refractivity contribution in [1.29, 1.82) is 0 Å². The molecule has 3 heteroatoms. The molecule has 0 N–H and O–H groups in total. The summed E-state index contributed by atoms with van der Waals surface area (Å²) in [4.78, 5) is 0. The van der Waals surface area contributed by atoms with Crippen LogP contribution in [0.3, 0.4) is 0 Å². The Balaban J connectivity index is 1.95. The molecule has 1 nitrogen and oxygen atoms in total. The fourth-order valence-electron chi connectivity index (χ4n) is 5.18. The van der Waals surface area contributed by atoms with Gasteiger partial charge in [-0.1, -0.05) is 180 Å². The first-order valence-electron chi connectivity index (χ1n) is 15.7. The van der Waals surface area contributed by atoms with Crippen molar-refractivity contribution in [3.63, 3.8) is 0 Å². The largest absolute Gasteiger partial charge is 0.442 e. The lowest BCUT2D eigenvalue weighted by Gasteiger charge is -2.28. The van der Waals surface area contributed by atoms with E-state index in [0.29, 0.717) is 0 Å². The van der Waals surface area contributed by atoms with E-state index in [9.17, 15) is 0 Å². The van der Waals surface area contributed by atoms with Crippen LogP contribution in [-0.2, 0) is 25.8 Å². The lowest BCUT2D eigenvalue weighted by Crippen LogP contribution is -2.56. The van der Waals surface area contributed by atoms with Crippen molar-refractivity contribution in [2.24, 2.45) is 0 Å². The molecule has 0 aliphatic carbocycles. The summed E-state index contributed by atoms with van der Waals surface area (Å²) in [7, 11) is -3.21. The highest BCUT2D eigenvalue weighted by Crippen LogP contribution is 2.25. The molecule has 4 aromatic rings. The molecule has 0 spiro atoms. The molecular weight excluding hydrogens is 553 g/mol. The molecule has 0 aromatic heterocycles. The molecule has 4 rings (SSSR count). The highest BCUT2D eigenvalue weighted by atomic mass is 28.4. The van der Waals surface area contributed by atoms with Gasteiger partial charge in [0, 0.05) is 0 Å². The topological polar surface area (TPSA) is 9.23 Å². The van der Waals surface area contributed by atoms with Crippen LogP contribution >= 0.6 is 0 Å². The van der Waals surface area contributed by atoms with E-state index >= 15 is 0 Å². The third-order valence-electron chi connectivity index (χ3n) is 8.17. The highest BCUT2D eigenvalue weighted by molar-refractivity contribution is 6.91. The van der Waals surface area contributed by atoms with Gasteiger partial charge in [0.2, 0.25) is 0 Å². The second-order valence-corrected chi connectivity index (χ2v) is 20.5. The van der Waals surface area contributed by atoms with Gasteiger partial charge in [-0.3, -0.25) is 0 Å². The van der Waals surface area contributed by atoms with Crippen LogP contribution in [0.2, 0.25) is 0 Å². The van der Waals surface area contributed by atoms with Crippen LogP contribution in [-0.4, -0.2) is 18.1 Å². The number of benzene rings is 4. The third-order valence-corrected chi connectivity index (χ3v) is 13.1. The Bertz CT molecular complexity index is 1310. The molecule has 226 valence electrons. The summed E-state index contributed by atoms with van der Waals surface area (Å²) in [6, 6.07) is 36.8. The molecule has 0 fully saturated rings. The second-order valence-electron chi connectivity index (χ2n) is 16.1. The van der Waals surface area contributed by atoms with Crippen LogP contribution in [0.15, 0.2) is 97.1 Å². The first kappa shape index (κ1) is 33.2. The fraction of sp³-hybridized carbons (Fsp3) is 0.400. The predicted molar refractivity (Wildman–Crippen MR) is 192 cm³/mol. The van der Waals surface area contributed by atoms with E-state index < -0.39 is 18.1 Å². The highest BCUT2D eigenvalue weighted by Gasteiger charge is 2.31. The number of hydrogen-bond donors (Lipinski definition) is 0. The van der Waals surface area contributed by atoms with E-state index in [4.69, 9.17) is 4.12 Å². The monoisotopic (exact) mass is 604 g/mol. The summed E-state index contributed by atoms with van der Waals surface area (Å²) in [5.41, 5.74) is 5.64. The van der Waals surface area contributed by atoms with Crippen molar-refractivity contribution >= 4 is 38.8 Å². The van der Waals surface area contributed by atoms with Crippen LogP contribution in [0.5, 0.6) is 0 Å². The van der Waals surface area contributed by atoms with E-state index in [0.717, 1.165) is 0 Å². The molecule has 0 aliphatic heterocycles. The zero-order valence-corrected chi connectivity index (χ0v) is 30.6. The van der Waals surface area contributed by atoms with Gasteiger partial charge in [0.15, 0.2) is 0 Å². The molecule has 0 saturated heterocycles. The standard InChI is InChI=1S/C40H52OSi2/c1-37(2,3)29-17-13-21-33(25-29)42(34-22-14-18-30(26-34)38(4,5)6)41-43(35-23-15-19-31(27-35)39(7,8)9)36-24-16-20-32(28-36)40(10,11)12/h13-28H,1-12H3. The summed E-state index contributed by atoms with van der Waals surface area (Å²) in [5, 5.41) is 5.24. The van der Waals surface area contributed by atoms with Crippen LogP contribution in [0.4, 0.5) is 0 Å². The van der Waals surface area contributed by atoms with Gasteiger partial charge < -0.3 is 4.12 Å². The predicted octanol–water partition coefficient (Wildman–Crippen LogP) is 7.80. The molecule has 0 atom stereocenters. The van der Waals surface area contributed by atoms with E-state index in [1.54, 1.807) is 0 Å². The van der Waals surface area contributed by atoms with Crippen molar-refractivity contribution in [1.82, 2.24) is 0 Å². The maximum Gasteiger partial charge on any atom is 0.272 e. The first-order valence-corrected chi connectivity index (χ1v) is 18.5. The second kappa shape index (κ2) is 12.3. The lowest BCUT2D eigenvalue weighted by atomic mass is 9.87. The Morgan fingerprint density at radius 3 is 0.744 bits per heavy atom. The van der Waals surface area contributed by atoms with Crippen LogP contribution in [0.1, 0.15) is 105 Å². The molecule has 0 bridgehead atoms. The normalized spacial score (nSPS) is 13.2. The summed E-state index contributed by atoms with van der Waals surface area (Å²) >= 11 is 0. The van der Waals surface area contributed by atoms with Gasteiger partial charge in [-0.05, 0) is 64.7 Å². The van der Waals surface area contributed by atoms with Crippen molar-refractivity contribution in [2.75, 3.05) is 0 Å². The van der Waals surface area contributed by atoms with Gasteiger partial charge in [0.1, 0.15) is 0 Å². The van der Waals surface area contributed by atoms with Crippen LogP contribution < -0.4 is 20.7 Å². The maximum absolute atomic E-state index is 7.67. The summed E-state index contributed by atoms with van der Waals surface area (Å²) in [6.07, 6.45) is 0. The first-order chi connectivity index (χ1) is 19.8. The Labute approximate surface area is 266 Å². The van der Waals surface area contributed by atoms with E-state index in [1.807, 2.05) is 0 Å². The fourth-order valence-corrected chi connectivity index (χ4v) is 10.7. The Hall–Kier alpha value is -2.73. The Morgan fingerprint density at radius 2 is 0.558 bits per heavy atom. The van der Waals surface area contributed by atoms with Crippen molar-refractivity contribution in [2.45, 2.75) is 105 Å². The summed E-state index contributed by atoms with van der Waals surface area (Å²) in [6.45, 7) is 27.6. The van der Waals surface area contributed by atoms with Gasteiger partial charge in [-0.25, -0.2) is 0 Å². The van der Waals surface area contributed by atoms with Crippen molar-refractivity contribution in [3.8, 4) is 0 Å². The average molecular weight is 605 g/mol. The quantitative estimate of drug-likeness (QED) is 0.204. The van der Waals surface area contributed by atoms with Crippen LogP contribution in [0, 0.1) is 0 Å². The molecule has 43 heavy (non-hydrogen) atoms. The van der Waals surface area contributed by atoms with Gasteiger partial charge in [0.25, 0.3) is 18.1 Å². The van der Waals surface area contributed by atoms with E-state index in [2.05, 4.69) is 180 Å². The molecule has 2 radical (unpaired) electrons. The zero-order valence-electron chi connectivity index (χ0n) is 28.6. The van der Waals surface area contributed by atoms with Gasteiger partial charge in [-0.15, -0.1) is 0 Å². The summed E-state index contributed by atoms with van der Waals surface area (Å²) < 4.78 is 7.67. The zero-order chi connectivity index (χ0) is 31.8. The maximum atomic E-state index is 7.67. The molecular formula is C40H52OSi2. The van der Waals surface area contributed by atoms with E-state index in [1.165, 1.54) is 43.0 Å². The summed E-state index contributed by atoms with van der Waals surface area (Å²) in [5.74, 6) is 0. The van der Waals surface area contributed by atoms with E-state index in [-0.39, 0.29) is 21.7 Å². The lowest BCUT2D eigenvalue weighted by molar-refractivity contribution is 0.589. The molecule has 0 saturated carbocycles. The molecule has 0 amide bonds. The average Bonchev–Trinajstić information content (AvgIpc) is 2.92. The minimum atomic E-state index is -1.61. The smallest absolute Gasteiger partial charge is 0.272 e. The molecule has 4 aromatic carbocycles. The molecule has 0 aliphatic rings. The Kier molecular flexibility index (Phi) is 9.52.